The lowest BCUT2D eigenvalue weighted by atomic mass is 10.2. The third-order valence-corrected chi connectivity index (χ3v) is 5.78. The number of benzene rings is 2. The summed E-state index contributed by atoms with van der Waals surface area (Å²) in [5.74, 6) is -3.01. The number of hydrogen-bond donors (Lipinski definition) is 4. The zero-order valence-corrected chi connectivity index (χ0v) is 20.8. The topological polar surface area (TPSA) is 135 Å². The second-order valence-corrected chi connectivity index (χ2v) is 8.35. The van der Waals surface area contributed by atoms with Gasteiger partial charge in [-0.3, -0.25) is 9.69 Å². The number of anilines is 1. The molecule has 10 nitrogen and oxygen atoms in total. The highest BCUT2D eigenvalue weighted by molar-refractivity contribution is 6.27. The van der Waals surface area contributed by atoms with E-state index >= 15 is 0 Å². The molecule has 1 fully saturated rings. The number of nitrogens with zero attached hydrogens (tertiary/aromatic N) is 2. The van der Waals surface area contributed by atoms with Crippen LogP contribution in [0.4, 0.5) is 10.1 Å². The van der Waals surface area contributed by atoms with Crippen LogP contribution in [0.25, 0.3) is 10.9 Å². The van der Waals surface area contributed by atoms with Gasteiger partial charge in [0, 0.05) is 50.2 Å². The Morgan fingerprint density at radius 1 is 0.974 bits per heavy atom. The number of piperazine rings is 1. The second kappa shape index (κ2) is 14.4. The first-order valence-electron chi connectivity index (χ1n) is 12.1. The Hall–Kier alpha value is -4.38. The molecule has 0 bridgehead atoms. The van der Waals surface area contributed by atoms with Crippen LogP contribution >= 0.6 is 0 Å². The van der Waals surface area contributed by atoms with E-state index in [1.165, 1.54) is 0 Å². The number of nitrogens with one attached hydrogen (secondary N) is 2. The summed E-state index contributed by atoms with van der Waals surface area (Å²) < 4.78 is 18.0. The largest absolute Gasteiger partial charge is 0.489 e. The molecule has 11 heteroatoms. The number of carboxylic acids is 2. The van der Waals surface area contributed by atoms with Crippen LogP contribution in [-0.4, -0.2) is 90.5 Å². The Morgan fingerprint density at radius 3 is 2.34 bits per heavy atom. The van der Waals surface area contributed by atoms with E-state index in [1.54, 1.807) is 0 Å². The van der Waals surface area contributed by atoms with Crippen molar-refractivity contribution in [3.8, 4) is 5.75 Å². The molecule has 0 aliphatic carbocycles. The number of halogens is 1. The minimum absolute atomic E-state index is 0.0819. The van der Waals surface area contributed by atoms with Crippen LogP contribution in [-0.2, 0) is 9.59 Å². The summed E-state index contributed by atoms with van der Waals surface area (Å²) in [6.07, 6.45) is 4.09. The minimum Gasteiger partial charge on any atom is -0.489 e. The van der Waals surface area contributed by atoms with Gasteiger partial charge in [0.2, 0.25) is 0 Å². The molecule has 1 amide bonds. The lowest BCUT2D eigenvalue weighted by molar-refractivity contribution is -0.159. The SMILES string of the molecule is O=C(NC/C=C/CN1CCN(c2ccccc2OCCF)CC1)c1cc2ccccc2[nH]1.O=C(O)C(=O)O. The number of hydrogen-bond acceptors (Lipinski definition) is 6. The summed E-state index contributed by atoms with van der Waals surface area (Å²) in [6.45, 7) is 4.58. The van der Waals surface area contributed by atoms with Gasteiger partial charge in [0.15, 0.2) is 0 Å². The smallest absolute Gasteiger partial charge is 0.414 e. The number of para-hydroxylation sites is 3. The molecular formula is C27H31FN4O6. The van der Waals surface area contributed by atoms with Crippen molar-refractivity contribution in [1.82, 2.24) is 15.2 Å². The molecule has 4 rings (SSSR count). The molecule has 1 aliphatic heterocycles. The maximum atomic E-state index is 12.5. The van der Waals surface area contributed by atoms with Gasteiger partial charge < -0.3 is 30.2 Å². The fraction of sp³-hybridized carbons (Fsp3) is 0.296. The van der Waals surface area contributed by atoms with Crippen molar-refractivity contribution in [1.29, 1.82) is 0 Å². The summed E-state index contributed by atoms with van der Waals surface area (Å²) >= 11 is 0. The molecule has 2 aromatic carbocycles. The number of fused-ring (bicyclic) bond motifs is 1. The third-order valence-electron chi connectivity index (χ3n) is 5.78. The number of rotatable bonds is 9. The normalized spacial score (nSPS) is 13.7. The van der Waals surface area contributed by atoms with E-state index in [4.69, 9.17) is 24.5 Å². The predicted octanol–water partition coefficient (Wildman–Crippen LogP) is 2.78. The van der Waals surface area contributed by atoms with Gasteiger partial charge in [-0.1, -0.05) is 42.5 Å². The Morgan fingerprint density at radius 2 is 1.66 bits per heavy atom. The first-order chi connectivity index (χ1) is 18.4. The molecular weight excluding hydrogens is 495 g/mol. The fourth-order valence-electron chi connectivity index (χ4n) is 3.91. The Bertz CT molecular complexity index is 1210. The number of carbonyl (C=O) groups is 3. The van der Waals surface area contributed by atoms with Crippen molar-refractivity contribution >= 4 is 34.4 Å². The van der Waals surface area contributed by atoms with Crippen LogP contribution in [0.1, 0.15) is 10.5 Å². The maximum absolute atomic E-state index is 12.5. The monoisotopic (exact) mass is 526 g/mol. The summed E-state index contributed by atoms with van der Waals surface area (Å²) in [4.78, 5) is 38.3. The van der Waals surface area contributed by atoms with Gasteiger partial charge in [0.25, 0.3) is 5.91 Å². The second-order valence-electron chi connectivity index (χ2n) is 8.35. The van der Waals surface area contributed by atoms with E-state index in [0.29, 0.717) is 12.2 Å². The number of alkyl halides is 1. The molecule has 38 heavy (non-hydrogen) atoms. The van der Waals surface area contributed by atoms with E-state index < -0.39 is 18.6 Å². The Labute approximate surface area is 219 Å². The number of ether oxygens (including phenoxy) is 1. The molecule has 1 saturated heterocycles. The lowest BCUT2D eigenvalue weighted by Gasteiger charge is -2.36. The van der Waals surface area contributed by atoms with Gasteiger partial charge in [-0.25, -0.2) is 14.0 Å². The molecule has 0 radical (unpaired) electrons. The molecule has 0 unspecified atom stereocenters. The number of aliphatic carboxylic acids is 2. The van der Waals surface area contributed by atoms with E-state index in [0.717, 1.165) is 55.1 Å². The van der Waals surface area contributed by atoms with Crippen molar-refractivity contribution in [2.24, 2.45) is 0 Å². The maximum Gasteiger partial charge on any atom is 0.414 e. The van der Waals surface area contributed by atoms with Crippen LogP contribution in [0.3, 0.4) is 0 Å². The van der Waals surface area contributed by atoms with Crippen molar-refractivity contribution in [2.45, 2.75) is 0 Å². The zero-order chi connectivity index (χ0) is 27.3. The van der Waals surface area contributed by atoms with E-state index in [-0.39, 0.29) is 12.5 Å². The summed E-state index contributed by atoms with van der Waals surface area (Å²) in [6, 6.07) is 17.5. The number of amides is 1. The van der Waals surface area contributed by atoms with Gasteiger partial charge in [-0.2, -0.15) is 0 Å². The summed E-state index contributed by atoms with van der Waals surface area (Å²) in [5, 5.41) is 18.7. The Kier molecular flexibility index (Phi) is 10.7. The molecule has 0 saturated carbocycles. The highest BCUT2D eigenvalue weighted by Gasteiger charge is 2.19. The summed E-state index contributed by atoms with van der Waals surface area (Å²) in [7, 11) is 0. The predicted molar refractivity (Wildman–Crippen MR) is 142 cm³/mol. The highest BCUT2D eigenvalue weighted by Crippen LogP contribution is 2.28. The van der Waals surface area contributed by atoms with Crippen LogP contribution in [0.5, 0.6) is 5.75 Å². The number of aromatic nitrogens is 1. The quantitative estimate of drug-likeness (QED) is 0.247. The molecule has 2 heterocycles. The van der Waals surface area contributed by atoms with E-state index in [2.05, 4.69) is 26.2 Å². The molecule has 4 N–H and O–H groups in total. The summed E-state index contributed by atoms with van der Waals surface area (Å²) in [5.41, 5.74) is 2.56. The number of carbonyl (C=O) groups excluding carboxylic acids is 1. The molecule has 1 aromatic heterocycles. The van der Waals surface area contributed by atoms with Crippen LogP contribution in [0.2, 0.25) is 0 Å². The number of aromatic amines is 1. The van der Waals surface area contributed by atoms with Crippen LogP contribution in [0.15, 0.2) is 66.7 Å². The lowest BCUT2D eigenvalue weighted by Crippen LogP contribution is -2.46. The molecule has 202 valence electrons. The van der Waals surface area contributed by atoms with E-state index in [1.807, 2.05) is 60.7 Å². The average molecular weight is 527 g/mol. The number of carboxylic acid groups (broad SMARTS) is 2. The van der Waals surface area contributed by atoms with Crippen LogP contribution in [0, 0.1) is 0 Å². The minimum atomic E-state index is -1.82. The van der Waals surface area contributed by atoms with Gasteiger partial charge in [-0.05, 0) is 24.3 Å². The highest BCUT2D eigenvalue weighted by atomic mass is 19.1. The van der Waals surface area contributed by atoms with Crippen molar-refractivity contribution < 1.29 is 33.7 Å². The third kappa shape index (κ3) is 8.34. The standard InChI is InChI=1S/C25H29FN4O2.C2H2O4/c26-11-18-32-24-10-4-3-9-23(24)30-16-14-29(15-17-30)13-6-5-12-27-25(31)22-19-20-7-1-2-8-21(20)28-22;3-1(4)2(5)6/h1-10,19,28H,11-18H2,(H,27,31);(H,3,4)(H,5,6)/b6-5+;. The van der Waals surface area contributed by atoms with Gasteiger partial charge >= 0.3 is 11.9 Å². The van der Waals surface area contributed by atoms with Crippen molar-refractivity contribution in [3.63, 3.8) is 0 Å². The van der Waals surface area contributed by atoms with Gasteiger partial charge in [0.1, 0.15) is 24.7 Å². The molecule has 1 aliphatic rings. The molecule has 3 aromatic rings. The first kappa shape index (κ1) is 28.2. The van der Waals surface area contributed by atoms with Crippen molar-refractivity contribution in [2.75, 3.05) is 57.4 Å². The number of H-pyrrole nitrogens is 1. The zero-order valence-electron chi connectivity index (χ0n) is 20.8. The molecule has 0 spiro atoms. The van der Waals surface area contributed by atoms with Crippen LogP contribution < -0.4 is 15.0 Å². The first-order valence-corrected chi connectivity index (χ1v) is 12.1. The van der Waals surface area contributed by atoms with Gasteiger partial charge in [0.05, 0.1) is 5.69 Å². The van der Waals surface area contributed by atoms with Gasteiger partial charge in [-0.15, -0.1) is 0 Å². The van der Waals surface area contributed by atoms with E-state index in [9.17, 15) is 9.18 Å². The van der Waals surface area contributed by atoms with Crippen molar-refractivity contribution in [3.05, 3.63) is 72.4 Å². The molecule has 0 atom stereocenters. The fourth-order valence-corrected chi connectivity index (χ4v) is 3.91. The average Bonchev–Trinajstić information content (AvgIpc) is 3.37. The Balaban J connectivity index is 0.000000599.